The molecule has 13 nitrogen and oxygen atoms in total. The van der Waals surface area contributed by atoms with E-state index in [0.717, 1.165) is 36.8 Å². The van der Waals surface area contributed by atoms with E-state index < -0.39 is 58.9 Å². The summed E-state index contributed by atoms with van der Waals surface area (Å²) in [6.07, 6.45) is 0.740. The molecule has 7 rings (SSSR count). The first-order valence-corrected chi connectivity index (χ1v) is 19.4. The van der Waals surface area contributed by atoms with Gasteiger partial charge in [-0.1, -0.05) is 0 Å². The Morgan fingerprint density at radius 2 is 1.86 bits per heavy atom. The summed E-state index contributed by atoms with van der Waals surface area (Å²) in [4.78, 5) is 42.7. The second kappa shape index (κ2) is 14.5. The second-order valence-corrected chi connectivity index (χ2v) is 17.6. The average Bonchev–Trinajstić information content (AvgIpc) is 3.84. The maximum Gasteiger partial charge on any atom is 0.412 e. The Morgan fingerprint density at radius 1 is 1.11 bits per heavy atom. The molecule has 298 valence electrons. The number of likely N-dealkylation sites (tertiary alicyclic amines) is 1. The number of thiophene rings is 1. The highest BCUT2D eigenvalue weighted by Crippen LogP contribution is 2.44. The smallest absolute Gasteiger partial charge is 0.412 e. The van der Waals surface area contributed by atoms with E-state index in [9.17, 15) is 19.2 Å². The summed E-state index contributed by atoms with van der Waals surface area (Å²) in [5.74, 6) is -1.65. The molecule has 1 aromatic carbocycles. The standard InChI is InChI=1S/C39H44F3N7O6S/c1-20-26(11-14-49(20)36(51)55-38(5,6)7)53-32-24-17-44-29(28(42)30(24)45-34(46-32)52-19-39-12-8-13-48(39)18-21(40)15-39)22-9-10-25(41)31-27(22)23(16-43)33(56-31)47-35(50)54-37(2,3)4/h9-10,17,20-21,26H,8,11-15,18-19H2,1-7H3,(H,47,50)/t20-,21-,26-,39+/m1/s1. The molecule has 4 atom stereocenters. The third-order valence-corrected chi connectivity index (χ3v) is 11.3. The van der Waals surface area contributed by atoms with Crippen LogP contribution in [0.2, 0.25) is 0 Å². The summed E-state index contributed by atoms with van der Waals surface area (Å²) >= 11 is 0.808. The van der Waals surface area contributed by atoms with Gasteiger partial charge in [-0.2, -0.15) is 15.2 Å². The molecule has 0 spiro atoms. The number of nitriles is 1. The lowest BCUT2D eigenvalue weighted by molar-refractivity contribution is 0.0190. The number of nitrogens with one attached hydrogen (secondary N) is 1. The Labute approximate surface area is 326 Å². The highest BCUT2D eigenvalue weighted by atomic mass is 32.1. The molecule has 3 saturated heterocycles. The number of pyridine rings is 1. The van der Waals surface area contributed by atoms with Gasteiger partial charge >= 0.3 is 18.2 Å². The summed E-state index contributed by atoms with van der Waals surface area (Å²) in [5.41, 5.74) is -2.60. The van der Waals surface area contributed by atoms with Gasteiger partial charge in [-0.05, 0) is 80.0 Å². The van der Waals surface area contributed by atoms with Gasteiger partial charge in [-0.15, -0.1) is 11.3 Å². The molecular formula is C39H44F3N7O6S. The van der Waals surface area contributed by atoms with E-state index in [1.54, 1.807) is 46.4 Å². The monoisotopic (exact) mass is 795 g/mol. The maximum absolute atomic E-state index is 17.0. The summed E-state index contributed by atoms with van der Waals surface area (Å²) in [5, 5.41) is 12.9. The van der Waals surface area contributed by atoms with Crippen molar-refractivity contribution in [1.29, 1.82) is 5.26 Å². The number of aromatic nitrogens is 3. The van der Waals surface area contributed by atoms with Crippen LogP contribution in [0.15, 0.2) is 18.3 Å². The summed E-state index contributed by atoms with van der Waals surface area (Å²) < 4.78 is 70.5. The van der Waals surface area contributed by atoms with Gasteiger partial charge < -0.3 is 23.8 Å². The molecule has 3 aliphatic rings. The fourth-order valence-corrected chi connectivity index (χ4v) is 8.82. The lowest BCUT2D eigenvalue weighted by Crippen LogP contribution is -2.43. The van der Waals surface area contributed by atoms with Gasteiger partial charge in [0, 0.05) is 43.1 Å². The van der Waals surface area contributed by atoms with Crippen molar-refractivity contribution in [2.24, 2.45) is 0 Å². The molecule has 4 aromatic rings. The molecule has 17 heteroatoms. The normalized spacial score (nSPS) is 22.7. The van der Waals surface area contributed by atoms with E-state index in [2.05, 4.69) is 25.2 Å². The number of carbonyl (C=O) groups excluding carboxylic acids is 2. The summed E-state index contributed by atoms with van der Waals surface area (Å²) in [6.45, 7) is 13.7. The van der Waals surface area contributed by atoms with Crippen LogP contribution in [0.1, 0.15) is 79.7 Å². The number of anilines is 1. The minimum atomic E-state index is -0.999. The number of ether oxygens (including phenoxy) is 4. The third-order valence-electron chi connectivity index (χ3n) is 10.2. The van der Waals surface area contributed by atoms with E-state index in [1.165, 1.54) is 12.3 Å². The van der Waals surface area contributed by atoms with Crippen molar-refractivity contribution >= 4 is 49.5 Å². The molecule has 0 bridgehead atoms. The van der Waals surface area contributed by atoms with E-state index in [0.29, 0.717) is 25.9 Å². The SMILES string of the molecule is C[C@@H]1[C@H](Oc2nc(OC[C@@]34CCCN3C[C@H](F)C4)nc3c(F)c(-c4ccc(F)c5sc(NC(=O)OC(C)(C)C)c(C#N)c45)ncc23)CCN1C(=O)OC(C)(C)C. The Balaban J connectivity index is 1.29. The zero-order chi connectivity index (χ0) is 40.3. The molecule has 3 fully saturated rings. The van der Waals surface area contributed by atoms with Gasteiger partial charge in [-0.3, -0.25) is 15.2 Å². The molecule has 3 aromatic heterocycles. The highest BCUT2D eigenvalue weighted by Gasteiger charge is 2.49. The number of amides is 2. The number of carbonyl (C=O) groups is 2. The molecule has 1 N–H and O–H groups in total. The predicted molar refractivity (Wildman–Crippen MR) is 203 cm³/mol. The van der Waals surface area contributed by atoms with Crippen LogP contribution in [-0.2, 0) is 9.47 Å². The first kappa shape index (κ1) is 39.3. The lowest BCUT2D eigenvalue weighted by Gasteiger charge is -2.31. The van der Waals surface area contributed by atoms with Crippen LogP contribution in [0.5, 0.6) is 11.9 Å². The van der Waals surface area contributed by atoms with Crippen LogP contribution in [0.25, 0.3) is 32.2 Å². The minimum Gasteiger partial charge on any atom is -0.471 e. The zero-order valence-corrected chi connectivity index (χ0v) is 33.1. The zero-order valence-electron chi connectivity index (χ0n) is 32.3. The van der Waals surface area contributed by atoms with Crippen LogP contribution in [0.3, 0.4) is 0 Å². The van der Waals surface area contributed by atoms with Crippen molar-refractivity contribution in [2.45, 2.75) is 109 Å². The third kappa shape index (κ3) is 7.60. The van der Waals surface area contributed by atoms with Gasteiger partial charge in [0.05, 0.1) is 27.2 Å². The minimum absolute atomic E-state index is 0.00462. The fourth-order valence-electron chi connectivity index (χ4n) is 7.75. The van der Waals surface area contributed by atoms with Gasteiger partial charge in [0.25, 0.3) is 0 Å². The predicted octanol–water partition coefficient (Wildman–Crippen LogP) is 8.14. The number of benzene rings is 1. The topological polar surface area (TPSA) is 152 Å². The fraction of sp³-hybridized carbons (Fsp3) is 0.538. The molecule has 0 unspecified atom stereocenters. The van der Waals surface area contributed by atoms with Gasteiger partial charge in [0.1, 0.15) is 58.2 Å². The number of rotatable bonds is 7. The van der Waals surface area contributed by atoms with E-state index in [-0.39, 0.29) is 61.3 Å². The Bertz CT molecular complexity index is 2250. The van der Waals surface area contributed by atoms with E-state index in [4.69, 9.17) is 18.9 Å². The first-order chi connectivity index (χ1) is 26.4. The molecular weight excluding hydrogens is 752 g/mol. The first-order valence-electron chi connectivity index (χ1n) is 18.6. The van der Waals surface area contributed by atoms with Crippen LogP contribution in [0, 0.1) is 23.0 Å². The van der Waals surface area contributed by atoms with Crippen molar-refractivity contribution < 1.29 is 41.7 Å². The molecule has 3 aliphatic heterocycles. The van der Waals surface area contributed by atoms with Crippen molar-refractivity contribution in [3.63, 3.8) is 0 Å². The number of nitrogens with zero attached hydrogens (tertiary/aromatic N) is 6. The van der Waals surface area contributed by atoms with Gasteiger partial charge in [0.2, 0.25) is 5.88 Å². The number of fused-ring (bicyclic) bond motifs is 3. The van der Waals surface area contributed by atoms with Crippen LogP contribution in [0.4, 0.5) is 27.8 Å². The molecule has 6 heterocycles. The van der Waals surface area contributed by atoms with Gasteiger partial charge in [-0.25, -0.2) is 22.8 Å². The van der Waals surface area contributed by atoms with E-state index in [1.807, 2.05) is 13.0 Å². The summed E-state index contributed by atoms with van der Waals surface area (Å²) in [7, 11) is 0. The van der Waals surface area contributed by atoms with Crippen molar-refractivity contribution in [3.05, 3.63) is 35.5 Å². The Hall–Kier alpha value is -4.95. The average molecular weight is 796 g/mol. The van der Waals surface area contributed by atoms with Crippen molar-refractivity contribution in [2.75, 3.05) is 31.6 Å². The second-order valence-electron chi connectivity index (χ2n) is 16.6. The molecule has 0 saturated carbocycles. The maximum atomic E-state index is 17.0. The lowest BCUT2D eigenvalue weighted by atomic mass is 9.95. The Morgan fingerprint density at radius 3 is 2.57 bits per heavy atom. The molecule has 0 aliphatic carbocycles. The van der Waals surface area contributed by atoms with Crippen molar-refractivity contribution in [3.8, 4) is 29.2 Å². The molecule has 2 amide bonds. The number of hydrogen-bond donors (Lipinski definition) is 1. The number of alkyl halides is 1. The van der Waals surface area contributed by atoms with Crippen LogP contribution >= 0.6 is 11.3 Å². The number of hydrogen-bond acceptors (Lipinski definition) is 12. The van der Waals surface area contributed by atoms with Crippen molar-refractivity contribution in [1.82, 2.24) is 24.8 Å². The van der Waals surface area contributed by atoms with E-state index >= 15 is 8.78 Å². The van der Waals surface area contributed by atoms with Gasteiger partial charge in [0.15, 0.2) is 5.82 Å². The van der Waals surface area contributed by atoms with Crippen LogP contribution in [-0.4, -0.2) is 98.2 Å². The molecule has 0 radical (unpaired) electrons. The van der Waals surface area contributed by atoms with Crippen LogP contribution < -0.4 is 14.8 Å². The quantitative estimate of drug-likeness (QED) is 0.193. The number of halogens is 3. The largest absolute Gasteiger partial charge is 0.471 e. The summed E-state index contributed by atoms with van der Waals surface area (Å²) in [6, 6.07) is 3.81. The highest BCUT2D eigenvalue weighted by molar-refractivity contribution is 7.23. The molecule has 56 heavy (non-hydrogen) atoms. The Kier molecular flexibility index (Phi) is 10.2.